The molecular formula is C14H18. The van der Waals surface area contributed by atoms with Crippen molar-refractivity contribution in [2.24, 2.45) is 0 Å². The van der Waals surface area contributed by atoms with Crippen molar-refractivity contribution in [2.45, 2.75) is 39.0 Å². The predicted molar refractivity (Wildman–Crippen MR) is 62.1 cm³/mol. The Morgan fingerprint density at radius 2 is 1.71 bits per heavy atom. The van der Waals surface area contributed by atoms with Gasteiger partial charge in [-0.1, -0.05) is 42.8 Å². The van der Waals surface area contributed by atoms with Crippen molar-refractivity contribution in [1.29, 1.82) is 0 Å². The summed E-state index contributed by atoms with van der Waals surface area (Å²) in [6.07, 6.45) is 6.59. The average molecular weight is 186 g/mol. The lowest BCUT2D eigenvalue weighted by Crippen LogP contribution is -1.98. The Hall–Kier alpha value is -1.04. The molecule has 0 heteroatoms. The Labute approximate surface area is 86.7 Å². The highest BCUT2D eigenvalue weighted by molar-refractivity contribution is 5.69. The van der Waals surface area contributed by atoms with Gasteiger partial charge in [-0.05, 0) is 43.2 Å². The fourth-order valence-corrected chi connectivity index (χ4v) is 2.35. The summed E-state index contributed by atoms with van der Waals surface area (Å²) in [5, 5.41) is 0. The summed E-state index contributed by atoms with van der Waals surface area (Å²) in [6, 6.07) is 10.9. The predicted octanol–water partition coefficient (Wildman–Crippen LogP) is 4.42. The first kappa shape index (κ1) is 9.51. The molecule has 0 radical (unpaired) electrons. The van der Waals surface area contributed by atoms with Crippen molar-refractivity contribution in [3.8, 4) is 0 Å². The van der Waals surface area contributed by atoms with Gasteiger partial charge in [0, 0.05) is 0 Å². The van der Waals surface area contributed by atoms with Crippen LogP contribution in [-0.4, -0.2) is 0 Å². The van der Waals surface area contributed by atoms with Crippen LogP contribution in [0.1, 0.15) is 44.6 Å². The summed E-state index contributed by atoms with van der Waals surface area (Å²) in [5.41, 5.74) is 4.76. The SMILES string of the molecule is CCC1=C(c2ccccc2)CCCC1. The highest BCUT2D eigenvalue weighted by atomic mass is 14.2. The topological polar surface area (TPSA) is 0 Å². The summed E-state index contributed by atoms with van der Waals surface area (Å²) in [7, 11) is 0. The van der Waals surface area contributed by atoms with E-state index < -0.39 is 0 Å². The smallest absolute Gasteiger partial charge is 0.0225 e. The molecule has 1 aromatic rings. The lowest BCUT2D eigenvalue weighted by molar-refractivity contribution is 0.697. The van der Waals surface area contributed by atoms with Crippen LogP contribution in [0.25, 0.3) is 5.57 Å². The number of hydrogen-bond acceptors (Lipinski definition) is 0. The zero-order chi connectivity index (χ0) is 9.80. The van der Waals surface area contributed by atoms with Crippen molar-refractivity contribution in [3.63, 3.8) is 0 Å². The monoisotopic (exact) mass is 186 g/mol. The van der Waals surface area contributed by atoms with Crippen LogP contribution in [0.2, 0.25) is 0 Å². The maximum absolute atomic E-state index is 2.28. The van der Waals surface area contributed by atoms with Gasteiger partial charge in [0.25, 0.3) is 0 Å². The largest absolute Gasteiger partial charge is 0.0667 e. The van der Waals surface area contributed by atoms with E-state index in [1.807, 2.05) is 0 Å². The maximum Gasteiger partial charge on any atom is -0.0225 e. The molecule has 0 heterocycles. The van der Waals surface area contributed by atoms with Gasteiger partial charge in [-0.25, -0.2) is 0 Å². The summed E-state index contributed by atoms with van der Waals surface area (Å²) in [5.74, 6) is 0. The minimum atomic E-state index is 1.23. The third-order valence-electron chi connectivity index (χ3n) is 3.13. The van der Waals surface area contributed by atoms with E-state index in [-0.39, 0.29) is 0 Å². The zero-order valence-corrected chi connectivity index (χ0v) is 8.92. The fourth-order valence-electron chi connectivity index (χ4n) is 2.35. The lowest BCUT2D eigenvalue weighted by Gasteiger charge is -2.19. The zero-order valence-electron chi connectivity index (χ0n) is 8.92. The Morgan fingerprint density at radius 3 is 2.43 bits per heavy atom. The molecule has 0 aromatic heterocycles. The van der Waals surface area contributed by atoms with E-state index in [1.165, 1.54) is 37.7 Å². The lowest BCUT2D eigenvalue weighted by atomic mass is 9.86. The first-order valence-corrected chi connectivity index (χ1v) is 5.68. The molecule has 0 saturated heterocycles. The minimum Gasteiger partial charge on any atom is -0.0667 e. The molecule has 0 aliphatic heterocycles. The molecule has 0 spiro atoms. The van der Waals surface area contributed by atoms with Gasteiger partial charge >= 0.3 is 0 Å². The Kier molecular flexibility index (Phi) is 3.03. The van der Waals surface area contributed by atoms with Gasteiger partial charge in [0.15, 0.2) is 0 Å². The van der Waals surface area contributed by atoms with Gasteiger partial charge in [-0.3, -0.25) is 0 Å². The molecule has 1 aliphatic rings. The van der Waals surface area contributed by atoms with Crippen LogP contribution in [0.4, 0.5) is 0 Å². The third kappa shape index (κ3) is 1.89. The molecule has 1 aromatic carbocycles. The molecule has 0 saturated carbocycles. The van der Waals surface area contributed by atoms with Crippen LogP contribution in [0.3, 0.4) is 0 Å². The summed E-state index contributed by atoms with van der Waals surface area (Å²) in [4.78, 5) is 0. The van der Waals surface area contributed by atoms with Gasteiger partial charge in [0.1, 0.15) is 0 Å². The van der Waals surface area contributed by atoms with Gasteiger partial charge in [-0.15, -0.1) is 0 Å². The Balaban J connectivity index is 2.35. The molecule has 0 nitrogen and oxygen atoms in total. The first-order chi connectivity index (χ1) is 6.92. The van der Waals surface area contributed by atoms with E-state index >= 15 is 0 Å². The second-order valence-electron chi connectivity index (χ2n) is 4.01. The number of rotatable bonds is 2. The van der Waals surface area contributed by atoms with Gasteiger partial charge in [-0.2, -0.15) is 0 Å². The maximum atomic E-state index is 2.28. The molecule has 74 valence electrons. The molecule has 1 aliphatic carbocycles. The van der Waals surface area contributed by atoms with Gasteiger partial charge in [0.05, 0.1) is 0 Å². The quantitative estimate of drug-likeness (QED) is 0.641. The van der Waals surface area contributed by atoms with E-state index in [0.29, 0.717) is 0 Å². The van der Waals surface area contributed by atoms with Crippen molar-refractivity contribution in [2.75, 3.05) is 0 Å². The molecule has 0 bridgehead atoms. The van der Waals surface area contributed by atoms with Crippen LogP contribution in [0, 0.1) is 0 Å². The van der Waals surface area contributed by atoms with Crippen LogP contribution in [0.5, 0.6) is 0 Å². The van der Waals surface area contributed by atoms with Crippen LogP contribution >= 0.6 is 0 Å². The van der Waals surface area contributed by atoms with Crippen LogP contribution in [0.15, 0.2) is 35.9 Å². The molecular weight excluding hydrogens is 168 g/mol. The van der Waals surface area contributed by atoms with E-state index in [2.05, 4.69) is 37.3 Å². The molecule has 0 unspecified atom stereocenters. The molecule has 0 fully saturated rings. The number of benzene rings is 1. The van der Waals surface area contributed by atoms with Crippen molar-refractivity contribution < 1.29 is 0 Å². The minimum absolute atomic E-state index is 1.23. The molecule has 2 rings (SSSR count). The third-order valence-corrected chi connectivity index (χ3v) is 3.13. The fraction of sp³-hybridized carbons (Fsp3) is 0.429. The van der Waals surface area contributed by atoms with Crippen molar-refractivity contribution in [1.82, 2.24) is 0 Å². The molecule has 14 heavy (non-hydrogen) atoms. The Bertz CT molecular complexity index is 319. The van der Waals surface area contributed by atoms with Gasteiger partial charge < -0.3 is 0 Å². The summed E-state index contributed by atoms with van der Waals surface area (Å²) in [6.45, 7) is 2.28. The molecule has 0 amide bonds. The van der Waals surface area contributed by atoms with Crippen molar-refractivity contribution >= 4 is 5.57 Å². The first-order valence-electron chi connectivity index (χ1n) is 5.68. The molecule has 0 N–H and O–H groups in total. The molecule has 0 atom stereocenters. The highest BCUT2D eigenvalue weighted by Gasteiger charge is 2.12. The van der Waals surface area contributed by atoms with Crippen LogP contribution in [-0.2, 0) is 0 Å². The van der Waals surface area contributed by atoms with E-state index in [9.17, 15) is 0 Å². The van der Waals surface area contributed by atoms with E-state index in [4.69, 9.17) is 0 Å². The normalized spacial score (nSPS) is 17.2. The summed E-state index contributed by atoms with van der Waals surface area (Å²) >= 11 is 0. The second-order valence-corrected chi connectivity index (χ2v) is 4.01. The number of allylic oxidation sites excluding steroid dienone is 2. The van der Waals surface area contributed by atoms with E-state index in [0.717, 1.165) is 0 Å². The summed E-state index contributed by atoms with van der Waals surface area (Å²) < 4.78 is 0. The van der Waals surface area contributed by atoms with Crippen molar-refractivity contribution in [3.05, 3.63) is 41.5 Å². The van der Waals surface area contributed by atoms with Crippen LogP contribution < -0.4 is 0 Å². The highest BCUT2D eigenvalue weighted by Crippen LogP contribution is 2.33. The standard InChI is InChI=1S/C14H18/c1-2-12-8-6-7-11-14(12)13-9-4-3-5-10-13/h3-5,9-10H,2,6-8,11H2,1H3. The number of hydrogen-bond donors (Lipinski definition) is 0. The Morgan fingerprint density at radius 1 is 1.00 bits per heavy atom. The van der Waals surface area contributed by atoms with E-state index in [1.54, 1.807) is 11.1 Å². The average Bonchev–Trinajstić information content (AvgIpc) is 2.30. The second kappa shape index (κ2) is 4.45. The van der Waals surface area contributed by atoms with Gasteiger partial charge in [0.2, 0.25) is 0 Å².